The molecule has 1 aromatic carbocycles. The largest absolute Gasteiger partial charge is 0.396 e. The van der Waals surface area contributed by atoms with Crippen molar-refractivity contribution >= 4 is 0 Å². The van der Waals surface area contributed by atoms with Crippen molar-refractivity contribution in [3.8, 4) is 0 Å². The van der Waals surface area contributed by atoms with E-state index in [0.717, 1.165) is 45.5 Å². The van der Waals surface area contributed by atoms with Crippen LogP contribution in [0.25, 0.3) is 0 Å². The zero-order valence-corrected chi connectivity index (χ0v) is 10.9. The van der Waals surface area contributed by atoms with Gasteiger partial charge in [-0.3, -0.25) is 4.90 Å². The zero-order valence-electron chi connectivity index (χ0n) is 10.9. The Morgan fingerprint density at radius 2 is 2.06 bits per heavy atom. The number of nitrogens with zero attached hydrogens (tertiary/aromatic N) is 1. The van der Waals surface area contributed by atoms with Gasteiger partial charge in [-0.1, -0.05) is 30.3 Å². The molecule has 1 unspecified atom stereocenters. The molecule has 0 spiro atoms. The quantitative estimate of drug-likeness (QED) is 0.779. The number of hydrogen-bond acceptors (Lipinski definition) is 3. The third kappa shape index (κ3) is 4.41. The zero-order chi connectivity index (χ0) is 12.6. The molecular formula is C15H23NO2. The van der Waals surface area contributed by atoms with Gasteiger partial charge in [0.2, 0.25) is 0 Å². The van der Waals surface area contributed by atoms with E-state index < -0.39 is 0 Å². The highest BCUT2D eigenvalue weighted by Crippen LogP contribution is 2.12. The lowest BCUT2D eigenvalue weighted by molar-refractivity contribution is -0.0281. The fraction of sp³-hybridized carbons (Fsp3) is 0.600. The van der Waals surface area contributed by atoms with E-state index in [1.807, 2.05) is 6.07 Å². The predicted molar refractivity (Wildman–Crippen MR) is 72.6 cm³/mol. The molecule has 3 heteroatoms. The maximum absolute atomic E-state index is 8.80. The Morgan fingerprint density at radius 3 is 2.83 bits per heavy atom. The molecule has 18 heavy (non-hydrogen) atoms. The minimum absolute atomic E-state index is 0.303. The Bertz CT molecular complexity index is 329. The lowest BCUT2D eigenvalue weighted by Crippen LogP contribution is -2.43. The van der Waals surface area contributed by atoms with Crippen molar-refractivity contribution < 1.29 is 9.84 Å². The van der Waals surface area contributed by atoms with Crippen LogP contribution in [0.15, 0.2) is 30.3 Å². The van der Waals surface area contributed by atoms with E-state index in [4.69, 9.17) is 9.84 Å². The molecule has 0 amide bonds. The van der Waals surface area contributed by atoms with E-state index in [-0.39, 0.29) is 0 Å². The summed E-state index contributed by atoms with van der Waals surface area (Å²) in [7, 11) is 0. The van der Waals surface area contributed by atoms with Crippen LogP contribution in [0.3, 0.4) is 0 Å². The van der Waals surface area contributed by atoms with Crippen LogP contribution in [0.5, 0.6) is 0 Å². The van der Waals surface area contributed by atoms with Crippen molar-refractivity contribution in [3.05, 3.63) is 35.9 Å². The first-order chi connectivity index (χ1) is 8.88. The molecule has 1 N–H and O–H groups in total. The predicted octanol–water partition coefficient (Wildman–Crippen LogP) is 1.70. The molecule has 0 aromatic heterocycles. The van der Waals surface area contributed by atoms with Gasteiger partial charge in [0.25, 0.3) is 0 Å². The monoisotopic (exact) mass is 249 g/mol. The number of aliphatic hydroxyl groups is 1. The van der Waals surface area contributed by atoms with E-state index in [9.17, 15) is 0 Å². The van der Waals surface area contributed by atoms with Gasteiger partial charge in [0.15, 0.2) is 0 Å². The molecule has 0 radical (unpaired) electrons. The van der Waals surface area contributed by atoms with E-state index in [1.54, 1.807) is 0 Å². The van der Waals surface area contributed by atoms with Gasteiger partial charge in [-0.15, -0.1) is 0 Å². The van der Waals surface area contributed by atoms with Crippen molar-refractivity contribution in [1.29, 1.82) is 0 Å². The highest BCUT2D eigenvalue weighted by atomic mass is 16.5. The van der Waals surface area contributed by atoms with Crippen LogP contribution >= 0.6 is 0 Å². The fourth-order valence-electron chi connectivity index (χ4n) is 2.43. The number of morpholine rings is 1. The van der Waals surface area contributed by atoms with E-state index >= 15 is 0 Å². The third-order valence-electron chi connectivity index (χ3n) is 3.41. The highest BCUT2D eigenvalue weighted by molar-refractivity contribution is 5.15. The van der Waals surface area contributed by atoms with E-state index in [1.165, 1.54) is 5.56 Å². The van der Waals surface area contributed by atoms with Crippen LogP contribution in [-0.2, 0) is 11.2 Å². The van der Waals surface area contributed by atoms with Crippen LogP contribution in [-0.4, -0.2) is 49.0 Å². The summed E-state index contributed by atoms with van der Waals surface area (Å²) in [6.45, 7) is 4.25. The summed E-state index contributed by atoms with van der Waals surface area (Å²) < 4.78 is 5.83. The molecule has 100 valence electrons. The first-order valence-electron chi connectivity index (χ1n) is 6.87. The smallest absolute Gasteiger partial charge is 0.0742 e. The normalized spacial score (nSPS) is 21.1. The lowest BCUT2D eigenvalue weighted by atomic mass is 10.1. The highest BCUT2D eigenvalue weighted by Gasteiger charge is 2.20. The molecule has 3 nitrogen and oxygen atoms in total. The van der Waals surface area contributed by atoms with Crippen LogP contribution < -0.4 is 0 Å². The minimum atomic E-state index is 0.303. The van der Waals surface area contributed by atoms with Gasteiger partial charge in [-0.2, -0.15) is 0 Å². The Kier molecular flexibility index (Phi) is 5.65. The van der Waals surface area contributed by atoms with Gasteiger partial charge >= 0.3 is 0 Å². The first kappa shape index (κ1) is 13.5. The summed E-state index contributed by atoms with van der Waals surface area (Å²) in [5.74, 6) is 0. The minimum Gasteiger partial charge on any atom is -0.396 e. The van der Waals surface area contributed by atoms with E-state index in [0.29, 0.717) is 12.7 Å². The fourth-order valence-corrected chi connectivity index (χ4v) is 2.43. The van der Waals surface area contributed by atoms with Crippen LogP contribution in [0, 0.1) is 0 Å². The molecule has 1 heterocycles. The third-order valence-corrected chi connectivity index (χ3v) is 3.41. The molecular weight excluding hydrogens is 226 g/mol. The summed E-state index contributed by atoms with van der Waals surface area (Å²) in [5, 5.41) is 8.80. The van der Waals surface area contributed by atoms with Gasteiger partial charge in [0.1, 0.15) is 0 Å². The average molecular weight is 249 g/mol. The summed E-state index contributed by atoms with van der Waals surface area (Å²) in [4.78, 5) is 2.45. The van der Waals surface area contributed by atoms with Crippen molar-refractivity contribution in [3.63, 3.8) is 0 Å². The molecule has 1 aromatic rings. The molecule has 2 rings (SSSR count). The van der Waals surface area contributed by atoms with Crippen molar-refractivity contribution in [1.82, 2.24) is 4.90 Å². The standard InChI is InChI=1S/C15H23NO2/c17-10-5-4-8-16-9-11-18-15(13-16)12-14-6-2-1-3-7-14/h1-3,6-7,15,17H,4-5,8-13H2. The number of hydrogen-bond donors (Lipinski definition) is 1. The Morgan fingerprint density at radius 1 is 1.22 bits per heavy atom. The molecule has 1 saturated heterocycles. The van der Waals surface area contributed by atoms with Crippen LogP contribution in [0.4, 0.5) is 0 Å². The van der Waals surface area contributed by atoms with Gasteiger partial charge in [0.05, 0.1) is 12.7 Å². The van der Waals surface area contributed by atoms with Gasteiger partial charge in [-0.25, -0.2) is 0 Å². The Hall–Kier alpha value is -0.900. The maximum atomic E-state index is 8.80. The molecule has 1 atom stereocenters. The van der Waals surface area contributed by atoms with Gasteiger partial charge in [-0.05, 0) is 31.4 Å². The average Bonchev–Trinajstić information content (AvgIpc) is 2.41. The second-order valence-electron chi connectivity index (χ2n) is 4.91. The molecule has 1 fully saturated rings. The number of aliphatic hydroxyl groups excluding tert-OH is 1. The molecule has 1 aliphatic rings. The topological polar surface area (TPSA) is 32.7 Å². The summed E-state index contributed by atoms with van der Waals surface area (Å²) in [6, 6.07) is 10.5. The number of benzene rings is 1. The van der Waals surface area contributed by atoms with Crippen LogP contribution in [0.2, 0.25) is 0 Å². The lowest BCUT2D eigenvalue weighted by Gasteiger charge is -2.33. The summed E-state index contributed by atoms with van der Waals surface area (Å²) in [6.07, 6.45) is 3.29. The van der Waals surface area contributed by atoms with Crippen LogP contribution in [0.1, 0.15) is 18.4 Å². The number of rotatable bonds is 6. The second-order valence-corrected chi connectivity index (χ2v) is 4.91. The molecule has 1 aliphatic heterocycles. The maximum Gasteiger partial charge on any atom is 0.0742 e. The summed E-state index contributed by atoms with van der Waals surface area (Å²) >= 11 is 0. The van der Waals surface area contributed by atoms with Crippen molar-refractivity contribution in [2.24, 2.45) is 0 Å². The van der Waals surface area contributed by atoms with Crippen molar-refractivity contribution in [2.75, 3.05) is 32.8 Å². The molecule has 0 aliphatic carbocycles. The SMILES string of the molecule is OCCCCN1CCOC(Cc2ccccc2)C1. The molecule has 0 bridgehead atoms. The van der Waals surface area contributed by atoms with Crippen molar-refractivity contribution in [2.45, 2.75) is 25.4 Å². The molecule has 0 saturated carbocycles. The van der Waals surface area contributed by atoms with E-state index in [2.05, 4.69) is 29.2 Å². The number of unbranched alkanes of at least 4 members (excludes halogenated alkanes) is 1. The second kappa shape index (κ2) is 7.52. The first-order valence-corrected chi connectivity index (χ1v) is 6.87. The summed E-state index contributed by atoms with van der Waals surface area (Å²) in [5.41, 5.74) is 1.35. The Labute approximate surface area is 109 Å². The Balaban J connectivity index is 1.76. The van der Waals surface area contributed by atoms with Gasteiger partial charge in [0, 0.05) is 19.7 Å². The van der Waals surface area contributed by atoms with Gasteiger partial charge < -0.3 is 9.84 Å². The number of ether oxygens (including phenoxy) is 1.